The van der Waals surface area contributed by atoms with Crippen LogP contribution in [0.4, 0.5) is 0 Å². The standard InChI is InChI=1S/C14H13N3O3S/c1-20-13-6-7-14(17-16-13)21(18,19)9-10-8-15-12-5-3-2-4-11(10)12/h2-8,15H,9H2,1H3. The summed E-state index contributed by atoms with van der Waals surface area (Å²) in [5.41, 5.74) is 1.62. The number of methoxy groups -OCH3 is 1. The third kappa shape index (κ3) is 2.59. The summed E-state index contributed by atoms with van der Waals surface area (Å²) in [7, 11) is -2.10. The molecule has 7 heteroatoms. The van der Waals surface area contributed by atoms with E-state index in [1.54, 1.807) is 6.20 Å². The average molecular weight is 303 g/mol. The van der Waals surface area contributed by atoms with Crippen LogP contribution in [0.5, 0.6) is 5.88 Å². The van der Waals surface area contributed by atoms with Crippen LogP contribution in [0.2, 0.25) is 0 Å². The van der Waals surface area contributed by atoms with E-state index in [-0.39, 0.29) is 16.7 Å². The van der Waals surface area contributed by atoms with Gasteiger partial charge in [-0.25, -0.2) is 8.42 Å². The number of hydrogen-bond acceptors (Lipinski definition) is 5. The molecule has 0 aliphatic carbocycles. The first-order valence-electron chi connectivity index (χ1n) is 6.25. The number of nitrogens with zero attached hydrogens (tertiary/aromatic N) is 2. The predicted octanol–water partition coefficient (Wildman–Crippen LogP) is 1.94. The van der Waals surface area contributed by atoms with Gasteiger partial charge in [-0.3, -0.25) is 0 Å². The van der Waals surface area contributed by atoms with Crippen molar-refractivity contribution in [2.45, 2.75) is 10.8 Å². The van der Waals surface area contributed by atoms with Gasteiger partial charge in [-0.05, 0) is 17.7 Å². The smallest absolute Gasteiger partial charge is 0.233 e. The molecule has 0 saturated carbocycles. The quantitative estimate of drug-likeness (QED) is 0.796. The fourth-order valence-electron chi connectivity index (χ4n) is 2.11. The molecule has 21 heavy (non-hydrogen) atoms. The molecule has 0 atom stereocenters. The number of para-hydroxylation sites is 1. The molecule has 0 bridgehead atoms. The summed E-state index contributed by atoms with van der Waals surface area (Å²) in [6.07, 6.45) is 1.71. The Hall–Kier alpha value is -2.41. The van der Waals surface area contributed by atoms with Crippen molar-refractivity contribution >= 4 is 20.7 Å². The molecular formula is C14H13N3O3S. The van der Waals surface area contributed by atoms with E-state index in [1.807, 2.05) is 24.3 Å². The van der Waals surface area contributed by atoms with Gasteiger partial charge in [-0.15, -0.1) is 10.2 Å². The van der Waals surface area contributed by atoms with E-state index in [0.29, 0.717) is 5.56 Å². The van der Waals surface area contributed by atoms with Crippen LogP contribution < -0.4 is 4.74 Å². The van der Waals surface area contributed by atoms with Gasteiger partial charge in [0.05, 0.1) is 12.9 Å². The summed E-state index contributed by atoms with van der Waals surface area (Å²) in [4.78, 5) is 3.06. The van der Waals surface area contributed by atoms with Gasteiger partial charge in [-0.1, -0.05) is 18.2 Å². The molecule has 2 aromatic heterocycles. The van der Waals surface area contributed by atoms with Gasteiger partial charge in [0.2, 0.25) is 15.7 Å². The molecule has 0 radical (unpaired) electrons. The maximum Gasteiger partial charge on any atom is 0.233 e. The topological polar surface area (TPSA) is 84.9 Å². The summed E-state index contributed by atoms with van der Waals surface area (Å²) < 4.78 is 29.6. The third-order valence-corrected chi connectivity index (χ3v) is 4.71. The highest BCUT2D eigenvalue weighted by Crippen LogP contribution is 2.22. The number of H-pyrrole nitrogens is 1. The van der Waals surface area contributed by atoms with Crippen molar-refractivity contribution in [3.63, 3.8) is 0 Å². The second-order valence-corrected chi connectivity index (χ2v) is 6.47. The Kier molecular flexibility index (Phi) is 3.34. The number of rotatable bonds is 4. The lowest BCUT2D eigenvalue weighted by Crippen LogP contribution is -2.08. The van der Waals surface area contributed by atoms with E-state index in [2.05, 4.69) is 15.2 Å². The number of ether oxygens (including phenoxy) is 1. The van der Waals surface area contributed by atoms with Crippen molar-refractivity contribution in [3.8, 4) is 5.88 Å². The second-order valence-electron chi connectivity index (χ2n) is 4.53. The number of benzene rings is 1. The fourth-order valence-corrected chi connectivity index (χ4v) is 3.35. The van der Waals surface area contributed by atoms with Crippen molar-refractivity contribution in [1.82, 2.24) is 15.2 Å². The molecule has 108 valence electrons. The van der Waals surface area contributed by atoms with Crippen LogP contribution in [0.15, 0.2) is 47.6 Å². The fraction of sp³-hybridized carbons (Fsp3) is 0.143. The van der Waals surface area contributed by atoms with Gasteiger partial charge >= 0.3 is 0 Å². The largest absolute Gasteiger partial charge is 0.480 e. The maximum absolute atomic E-state index is 12.4. The third-order valence-electron chi connectivity index (χ3n) is 3.16. The van der Waals surface area contributed by atoms with Crippen LogP contribution in [0, 0.1) is 0 Å². The number of nitrogens with one attached hydrogen (secondary N) is 1. The normalized spacial score (nSPS) is 11.7. The molecule has 3 aromatic rings. The maximum atomic E-state index is 12.4. The van der Waals surface area contributed by atoms with E-state index in [0.717, 1.165) is 10.9 Å². The van der Waals surface area contributed by atoms with E-state index in [1.165, 1.54) is 19.2 Å². The van der Waals surface area contributed by atoms with E-state index >= 15 is 0 Å². The lowest BCUT2D eigenvalue weighted by atomic mass is 10.2. The lowest BCUT2D eigenvalue weighted by Gasteiger charge is -2.03. The second kappa shape index (κ2) is 5.17. The van der Waals surface area contributed by atoms with Crippen LogP contribution in [-0.4, -0.2) is 30.7 Å². The first-order chi connectivity index (χ1) is 10.1. The Bertz CT molecular complexity index is 870. The molecule has 0 aliphatic heterocycles. The summed E-state index contributed by atoms with van der Waals surface area (Å²) in [6, 6.07) is 10.4. The average Bonchev–Trinajstić information content (AvgIpc) is 2.90. The van der Waals surface area contributed by atoms with Gasteiger partial charge in [0.15, 0.2) is 5.03 Å². The van der Waals surface area contributed by atoms with Crippen LogP contribution in [0.1, 0.15) is 5.56 Å². The van der Waals surface area contributed by atoms with Crippen LogP contribution in [-0.2, 0) is 15.6 Å². The SMILES string of the molecule is COc1ccc(S(=O)(=O)Cc2c[nH]c3ccccc23)nn1. The van der Waals surface area contributed by atoms with Gasteiger partial charge in [-0.2, -0.15) is 0 Å². The zero-order valence-electron chi connectivity index (χ0n) is 11.3. The van der Waals surface area contributed by atoms with Crippen LogP contribution in [0.25, 0.3) is 10.9 Å². The first kappa shape index (κ1) is 13.6. The number of fused-ring (bicyclic) bond motifs is 1. The van der Waals surface area contributed by atoms with Crippen molar-refractivity contribution in [2.24, 2.45) is 0 Å². The monoisotopic (exact) mass is 303 g/mol. The van der Waals surface area contributed by atoms with Crippen molar-refractivity contribution in [1.29, 1.82) is 0 Å². The minimum Gasteiger partial charge on any atom is -0.480 e. The number of aromatic amines is 1. The highest BCUT2D eigenvalue weighted by molar-refractivity contribution is 7.90. The van der Waals surface area contributed by atoms with Crippen LogP contribution >= 0.6 is 0 Å². The Morgan fingerprint density at radius 1 is 1.14 bits per heavy atom. The molecule has 1 aromatic carbocycles. The summed E-state index contributed by atoms with van der Waals surface area (Å²) >= 11 is 0. The van der Waals surface area contributed by atoms with E-state index in [4.69, 9.17) is 4.74 Å². The molecular weight excluding hydrogens is 290 g/mol. The molecule has 0 spiro atoms. The zero-order chi connectivity index (χ0) is 14.9. The van der Waals surface area contributed by atoms with Gasteiger partial charge in [0, 0.05) is 23.2 Å². The lowest BCUT2D eigenvalue weighted by molar-refractivity contribution is 0.389. The zero-order valence-corrected chi connectivity index (χ0v) is 12.1. The molecule has 0 amide bonds. The molecule has 0 saturated heterocycles. The first-order valence-corrected chi connectivity index (χ1v) is 7.91. The minimum atomic E-state index is -3.55. The molecule has 1 N–H and O–H groups in total. The molecule has 6 nitrogen and oxygen atoms in total. The number of aromatic nitrogens is 3. The van der Waals surface area contributed by atoms with Crippen molar-refractivity contribution in [2.75, 3.05) is 7.11 Å². The molecule has 2 heterocycles. The van der Waals surface area contributed by atoms with Crippen molar-refractivity contribution < 1.29 is 13.2 Å². The minimum absolute atomic E-state index is 0.0615. The Morgan fingerprint density at radius 3 is 2.67 bits per heavy atom. The van der Waals surface area contributed by atoms with E-state index in [9.17, 15) is 8.42 Å². The van der Waals surface area contributed by atoms with Crippen LogP contribution in [0.3, 0.4) is 0 Å². The predicted molar refractivity (Wildman–Crippen MR) is 77.8 cm³/mol. The Labute approximate surface area is 121 Å². The highest BCUT2D eigenvalue weighted by Gasteiger charge is 2.19. The molecule has 0 fully saturated rings. The summed E-state index contributed by atoms with van der Waals surface area (Å²) in [5, 5.41) is 8.23. The Morgan fingerprint density at radius 2 is 1.95 bits per heavy atom. The van der Waals surface area contributed by atoms with Crippen molar-refractivity contribution in [3.05, 3.63) is 48.2 Å². The molecule has 0 aliphatic rings. The Balaban J connectivity index is 1.95. The summed E-state index contributed by atoms with van der Waals surface area (Å²) in [5.74, 6) is 0.152. The summed E-state index contributed by atoms with van der Waals surface area (Å²) in [6.45, 7) is 0. The number of sulfone groups is 1. The van der Waals surface area contributed by atoms with Gasteiger partial charge < -0.3 is 9.72 Å². The number of hydrogen-bond donors (Lipinski definition) is 1. The van der Waals surface area contributed by atoms with E-state index < -0.39 is 9.84 Å². The van der Waals surface area contributed by atoms with Gasteiger partial charge in [0.25, 0.3) is 0 Å². The molecule has 3 rings (SSSR count). The highest BCUT2D eigenvalue weighted by atomic mass is 32.2. The van der Waals surface area contributed by atoms with Gasteiger partial charge in [0.1, 0.15) is 0 Å². The molecule has 0 unspecified atom stereocenters.